The lowest BCUT2D eigenvalue weighted by atomic mass is 9.97. The second kappa shape index (κ2) is 5.45. The van der Waals surface area contributed by atoms with E-state index in [9.17, 15) is 0 Å². The van der Waals surface area contributed by atoms with Gasteiger partial charge in [0.25, 0.3) is 0 Å². The lowest BCUT2D eigenvalue weighted by molar-refractivity contribution is 1.40. The van der Waals surface area contributed by atoms with Crippen LogP contribution in [0, 0.1) is 17.4 Å². The molecule has 0 aliphatic carbocycles. The zero-order chi connectivity index (χ0) is 13.3. The summed E-state index contributed by atoms with van der Waals surface area (Å²) in [6.07, 6.45) is 0. The molecule has 0 unspecified atom stereocenters. The molecular formula is C16H14ClI. The summed E-state index contributed by atoms with van der Waals surface area (Å²) < 4.78 is 1.26. The zero-order valence-electron chi connectivity index (χ0n) is 10.4. The van der Waals surface area contributed by atoms with Gasteiger partial charge in [0.15, 0.2) is 0 Å². The molecule has 2 aromatic rings. The quantitative estimate of drug-likeness (QED) is 0.589. The Morgan fingerprint density at radius 1 is 1.06 bits per heavy atom. The van der Waals surface area contributed by atoms with E-state index < -0.39 is 0 Å². The minimum absolute atomic E-state index is 0.596. The largest absolute Gasteiger partial charge is 0.0843 e. The van der Waals surface area contributed by atoms with E-state index in [1.54, 1.807) is 0 Å². The third-order valence-corrected chi connectivity index (χ3v) is 3.89. The monoisotopic (exact) mass is 368 g/mol. The molecule has 92 valence electrons. The fourth-order valence-electron chi connectivity index (χ4n) is 2.09. The fraction of sp³-hybridized carbons (Fsp3) is 0.125. The van der Waals surface area contributed by atoms with E-state index >= 15 is 0 Å². The van der Waals surface area contributed by atoms with Crippen molar-refractivity contribution in [2.75, 3.05) is 0 Å². The Morgan fingerprint density at radius 3 is 2.33 bits per heavy atom. The molecule has 0 aliphatic rings. The van der Waals surface area contributed by atoms with Crippen molar-refractivity contribution in [1.82, 2.24) is 0 Å². The molecular weight excluding hydrogens is 355 g/mol. The van der Waals surface area contributed by atoms with Gasteiger partial charge >= 0.3 is 0 Å². The Bertz CT molecular complexity index is 614. The summed E-state index contributed by atoms with van der Waals surface area (Å²) in [5.41, 5.74) is 5.96. The first-order valence-corrected chi connectivity index (χ1v) is 7.16. The minimum Gasteiger partial charge on any atom is -0.0843 e. The van der Waals surface area contributed by atoms with Crippen molar-refractivity contribution in [3.8, 4) is 11.1 Å². The lowest BCUT2D eigenvalue weighted by Gasteiger charge is -2.10. The number of hydrogen-bond acceptors (Lipinski definition) is 0. The molecule has 0 aromatic heterocycles. The van der Waals surface area contributed by atoms with Gasteiger partial charge in [0, 0.05) is 8.60 Å². The van der Waals surface area contributed by atoms with Crippen molar-refractivity contribution in [3.63, 3.8) is 0 Å². The van der Waals surface area contributed by atoms with Crippen molar-refractivity contribution in [1.29, 1.82) is 0 Å². The smallest absolute Gasteiger partial charge is 0.0409 e. The third-order valence-electron chi connectivity index (χ3n) is 3.02. The Morgan fingerprint density at radius 2 is 1.78 bits per heavy atom. The molecule has 2 aromatic carbocycles. The van der Waals surface area contributed by atoms with E-state index in [0.29, 0.717) is 5.03 Å². The summed E-state index contributed by atoms with van der Waals surface area (Å²) in [5.74, 6) is 0. The lowest BCUT2D eigenvalue weighted by Crippen LogP contribution is -1.88. The molecule has 0 nitrogen and oxygen atoms in total. The first kappa shape index (κ1) is 13.6. The number of aryl methyl sites for hydroxylation is 2. The van der Waals surface area contributed by atoms with Crippen LogP contribution in [-0.4, -0.2) is 0 Å². The second-order valence-electron chi connectivity index (χ2n) is 4.39. The Labute approximate surface area is 127 Å². The minimum atomic E-state index is 0.596. The zero-order valence-corrected chi connectivity index (χ0v) is 13.3. The summed E-state index contributed by atoms with van der Waals surface area (Å²) in [4.78, 5) is 0. The molecule has 2 heteroatoms. The normalized spacial score (nSPS) is 10.4. The van der Waals surface area contributed by atoms with Crippen LogP contribution in [0.4, 0.5) is 0 Å². The van der Waals surface area contributed by atoms with Gasteiger partial charge in [0.2, 0.25) is 0 Å². The first-order valence-electron chi connectivity index (χ1n) is 5.71. The van der Waals surface area contributed by atoms with Gasteiger partial charge in [-0.25, -0.2) is 0 Å². The summed E-state index contributed by atoms with van der Waals surface area (Å²) >= 11 is 8.30. The summed E-state index contributed by atoms with van der Waals surface area (Å²) in [6.45, 7) is 7.99. The summed E-state index contributed by atoms with van der Waals surface area (Å²) in [6, 6.07) is 12.8. The maximum absolute atomic E-state index is 5.96. The topological polar surface area (TPSA) is 0 Å². The molecule has 0 amide bonds. The second-order valence-corrected chi connectivity index (χ2v) is 6.10. The van der Waals surface area contributed by atoms with Gasteiger partial charge in [0.05, 0.1) is 0 Å². The molecule has 0 heterocycles. The van der Waals surface area contributed by atoms with E-state index in [-0.39, 0.29) is 0 Å². The molecule has 18 heavy (non-hydrogen) atoms. The van der Waals surface area contributed by atoms with Crippen molar-refractivity contribution < 1.29 is 0 Å². The maximum Gasteiger partial charge on any atom is 0.0409 e. The van der Waals surface area contributed by atoms with Crippen LogP contribution in [-0.2, 0) is 0 Å². The van der Waals surface area contributed by atoms with Crippen LogP contribution in [0.5, 0.6) is 0 Å². The molecule has 0 aliphatic heterocycles. The van der Waals surface area contributed by atoms with Gasteiger partial charge in [-0.1, -0.05) is 42.4 Å². The SMILES string of the molecule is C=C(Cl)c1ccc(-c2ccc(I)cc2C)cc1C. The van der Waals surface area contributed by atoms with E-state index in [2.05, 4.69) is 73.3 Å². The van der Waals surface area contributed by atoms with Gasteiger partial charge in [-0.15, -0.1) is 0 Å². The standard InChI is InChI=1S/C16H14ClI/c1-10-8-13(4-6-15(10)12(3)17)16-7-5-14(18)9-11(16)2/h4-9H,3H2,1-2H3. The molecule has 0 saturated carbocycles. The molecule has 0 bridgehead atoms. The van der Waals surface area contributed by atoms with Gasteiger partial charge < -0.3 is 0 Å². The van der Waals surface area contributed by atoms with Crippen LogP contribution in [0.25, 0.3) is 16.2 Å². The Hall–Kier alpha value is -0.800. The van der Waals surface area contributed by atoms with Crippen molar-refractivity contribution >= 4 is 39.2 Å². The average Bonchev–Trinajstić information content (AvgIpc) is 2.28. The van der Waals surface area contributed by atoms with Crippen LogP contribution in [0.3, 0.4) is 0 Å². The van der Waals surface area contributed by atoms with Crippen molar-refractivity contribution in [2.45, 2.75) is 13.8 Å². The van der Waals surface area contributed by atoms with Gasteiger partial charge in [-0.2, -0.15) is 0 Å². The fourth-order valence-corrected chi connectivity index (χ4v) is 2.95. The van der Waals surface area contributed by atoms with Crippen LogP contribution in [0.15, 0.2) is 43.0 Å². The number of halogens is 2. The number of rotatable bonds is 2. The average molecular weight is 369 g/mol. The van der Waals surface area contributed by atoms with Crippen LogP contribution >= 0.6 is 34.2 Å². The molecule has 0 spiro atoms. The number of hydrogen-bond donors (Lipinski definition) is 0. The van der Waals surface area contributed by atoms with Crippen molar-refractivity contribution in [2.24, 2.45) is 0 Å². The molecule has 0 atom stereocenters. The van der Waals surface area contributed by atoms with Gasteiger partial charge in [0.1, 0.15) is 0 Å². The highest BCUT2D eigenvalue weighted by Gasteiger charge is 2.06. The van der Waals surface area contributed by atoms with Gasteiger partial charge in [-0.3, -0.25) is 0 Å². The van der Waals surface area contributed by atoms with E-state index in [1.165, 1.54) is 20.3 Å². The highest BCUT2D eigenvalue weighted by atomic mass is 127. The predicted molar refractivity (Wildman–Crippen MR) is 89.0 cm³/mol. The van der Waals surface area contributed by atoms with E-state index in [1.807, 2.05) is 6.07 Å². The Kier molecular flexibility index (Phi) is 4.13. The predicted octanol–water partition coefficient (Wildman–Crippen LogP) is 5.78. The molecule has 0 N–H and O–H groups in total. The maximum atomic E-state index is 5.96. The van der Waals surface area contributed by atoms with Gasteiger partial charge in [-0.05, 0) is 76.4 Å². The molecule has 0 fully saturated rings. The Balaban J connectivity index is 2.52. The van der Waals surface area contributed by atoms with Crippen LogP contribution in [0.1, 0.15) is 16.7 Å². The van der Waals surface area contributed by atoms with Crippen LogP contribution in [0.2, 0.25) is 0 Å². The van der Waals surface area contributed by atoms with E-state index in [0.717, 1.165) is 11.1 Å². The number of benzene rings is 2. The summed E-state index contributed by atoms with van der Waals surface area (Å²) in [7, 11) is 0. The molecule has 0 radical (unpaired) electrons. The third kappa shape index (κ3) is 2.78. The summed E-state index contributed by atoms with van der Waals surface area (Å²) in [5, 5.41) is 0.596. The highest BCUT2D eigenvalue weighted by molar-refractivity contribution is 14.1. The molecule has 2 rings (SSSR count). The first-order chi connectivity index (χ1) is 8.49. The highest BCUT2D eigenvalue weighted by Crippen LogP contribution is 2.29. The molecule has 0 saturated heterocycles. The van der Waals surface area contributed by atoms with Crippen molar-refractivity contribution in [3.05, 3.63) is 63.2 Å². The van der Waals surface area contributed by atoms with E-state index in [4.69, 9.17) is 11.6 Å². The van der Waals surface area contributed by atoms with Crippen LogP contribution < -0.4 is 0 Å².